The van der Waals surface area contributed by atoms with Crippen molar-refractivity contribution in [3.05, 3.63) is 24.3 Å². The lowest BCUT2D eigenvalue weighted by atomic mass is 10.2. The van der Waals surface area contributed by atoms with E-state index in [4.69, 9.17) is 9.47 Å². The van der Waals surface area contributed by atoms with E-state index >= 15 is 0 Å². The molecule has 1 aromatic rings. The topological polar surface area (TPSA) is 59.6 Å². The number of hydrogen-bond donors (Lipinski definition) is 2. The van der Waals surface area contributed by atoms with Gasteiger partial charge in [-0.15, -0.1) is 12.4 Å². The molecule has 1 unspecified atom stereocenters. The Morgan fingerprint density at radius 3 is 2.95 bits per heavy atom. The molecule has 2 N–H and O–H groups in total. The second-order valence-electron chi connectivity index (χ2n) is 4.57. The third-order valence-electron chi connectivity index (χ3n) is 3.12. The average molecular weight is 301 g/mol. The van der Waals surface area contributed by atoms with Gasteiger partial charge in [-0.25, -0.2) is 0 Å². The minimum Gasteiger partial charge on any atom is -0.497 e. The Bertz CT molecular complexity index is 423. The number of rotatable bonds is 6. The Labute approximate surface area is 125 Å². The van der Waals surface area contributed by atoms with E-state index in [9.17, 15) is 4.79 Å². The van der Waals surface area contributed by atoms with Crippen LogP contribution < -0.4 is 20.1 Å². The quantitative estimate of drug-likeness (QED) is 0.833. The van der Waals surface area contributed by atoms with Crippen LogP contribution >= 0.6 is 12.4 Å². The molecule has 0 radical (unpaired) electrons. The number of hydrogen-bond acceptors (Lipinski definition) is 4. The van der Waals surface area contributed by atoms with Gasteiger partial charge in [0.25, 0.3) is 5.91 Å². The first-order chi connectivity index (χ1) is 9.28. The molecule has 0 spiro atoms. The standard InChI is InChI=1S/C14H20N2O3.ClH/c1-18-12-5-2-6-13(8-12)19-10-14(17)16-9-11-4-3-7-15-11;/h2,5-6,8,11,15H,3-4,7,9-10H2,1H3,(H,16,17);1H. The van der Waals surface area contributed by atoms with Crippen LogP contribution in [0.15, 0.2) is 24.3 Å². The van der Waals surface area contributed by atoms with Gasteiger partial charge in [-0.2, -0.15) is 0 Å². The molecular weight excluding hydrogens is 280 g/mol. The van der Waals surface area contributed by atoms with E-state index in [1.165, 1.54) is 6.42 Å². The molecule has 0 saturated carbocycles. The van der Waals surface area contributed by atoms with Crippen LogP contribution in [-0.4, -0.2) is 38.8 Å². The third-order valence-corrected chi connectivity index (χ3v) is 3.12. The van der Waals surface area contributed by atoms with Crippen LogP contribution in [0.25, 0.3) is 0 Å². The predicted octanol–water partition coefficient (Wildman–Crippen LogP) is 1.36. The summed E-state index contributed by atoms with van der Waals surface area (Å²) in [4.78, 5) is 11.6. The molecule has 1 heterocycles. The van der Waals surface area contributed by atoms with Gasteiger partial charge in [0.1, 0.15) is 11.5 Å². The molecule has 20 heavy (non-hydrogen) atoms. The number of carbonyl (C=O) groups excluding carboxylic acids is 1. The zero-order chi connectivity index (χ0) is 13.5. The Balaban J connectivity index is 0.00000200. The second-order valence-corrected chi connectivity index (χ2v) is 4.57. The molecule has 5 nitrogen and oxygen atoms in total. The lowest BCUT2D eigenvalue weighted by molar-refractivity contribution is -0.123. The minimum atomic E-state index is -0.100. The van der Waals surface area contributed by atoms with Crippen LogP contribution in [0.3, 0.4) is 0 Å². The van der Waals surface area contributed by atoms with Crippen LogP contribution in [0.4, 0.5) is 0 Å². The molecule has 1 atom stereocenters. The normalized spacial score (nSPS) is 17.1. The molecule has 0 aromatic heterocycles. The highest BCUT2D eigenvalue weighted by Crippen LogP contribution is 2.18. The van der Waals surface area contributed by atoms with Gasteiger partial charge in [0.15, 0.2) is 6.61 Å². The zero-order valence-electron chi connectivity index (χ0n) is 11.6. The maximum atomic E-state index is 11.6. The first kappa shape index (κ1) is 16.6. The molecule has 1 fully saturated rings. The summed E-state index contributed by atoms with van der Waals surface area (Å²) < 4.78 is 10.5. The lowest BCUT2D eigenvalue weighted by Gasteiger charge is -2.12. The maximum Gasteiger partial charge on any atom is 0.257 e. The number of amides is 1. The molecule has 0 aliphatic carbocycles. The molecule has 1 saturated heterocycles. The van der Waals surface area contributed by atoms with Gasteiger partial charge < -0.3 is 20.1 Å². The van der Waals surface area contributed by atoms with E-state index in [1.54, 1.807) is 19.2 Å². The number of nitrogens with one attached hydrogen (secondary N) is 2. The van der Waals surface area contributed by atoms with Gasteiger partial charge in [0.05, 0.1) is 7.11 Å². The summed E-state index contributed by atoms with van der Waals surface area (Å²) in [5.74, 6) is 1.25. The van der Waals surface area contributed by atoms with Crippen molar-refractivity contribution in [2.24, 2.45) is 0 Å². The smallest absolute Gasteiger partial charge is 0.257 e. The highest BCUT2D eigenvalue weighted by atomic mass is 35.5. The third kappa shape index (κ3) is 5.27. The Hall–Kier alpha value is -1.46. The summed E-state index contributed by atoms with van der Waals surface area (Å²) in [6, 6.07) is 7.62. The van der Waals surface area contributed by atoms with Gasteiger partial charge in [-0.1, -0.05) is 6.07 Å². The highest BCUT2D eigenvalue weighted by molar-refractivity contribution is 5.85. The van der Waals surface area contributed by atoms with E-state index < -0.39 is 0 Å². The lowest BCUT2D eigenvalue weighted by Crippen LogP contribution is -2.39. The summed E-state index contributed by atoms with van der Waals surface area (Å²) in [6.07, 6.45) is 2.30. The Morgan fingerprint density at radius 1 is 1.45 bits per heavy atom. The van der Waals surface area contributed by atoms with Crippen LogP contribution in [0, 0.1) is 0 Å². The molecule has 0 bridgehead atoms. The van der Waals surface area contributed by atoms with E-state index in [-0.39, 0.29) is 24.9 Å². The minimum absolute atomic E-state index is 0. The number of carbonyl (C=O) groups is 1. The predicted molar refractivity (Wildman–Crippen MR) is 79.8 cm³/mol. The van der Waals surface area contributed by atoms with E-state index in [0.29, 0.717) is 24.1 Å². The summed E-state index contributed by atoms with van der Waals surface area (Å²) in [7, 11) is 1.60. The Morgan fingerprint density at radius 2 is 2.25 bits per heavy atom. The molecule has 1 aliphatic rings. The molecule has 6 heteroatoms. The fourth-order valence-corrected chi connectivity index (χ4v) is 2.06. The number of halogens is 1. The molecule has 2 rings (SSSR count). The van der Waals surface area contributed by atoms with Crippen LogP contribution in [-0.2, 0) is 4.79 Å². The van der Waals surface area contributed by atoms with Crippen molar-refractivity contribution >= 4 is 18.3 Å². The van der Waals surface area contributed by atoms with Gasteiger partial charge >= 0.3 is 0 Å². The number of benzene rings is 1. The van der Waals surface area contributed by atoms with Crippen LogP contribution in [0.1, 0.15) is 12.8 Å². The van der Waals surface area contributed by atoms with Crippen molar-refractivity contribution in [1.82, 2.24) is 10.6 Å². The summed E-state index contributed by atoms with van der Waals surface area (Å²) in [6.45, 7) is 1.74. The van der Waals surface area contributed by atoms with Crippen LogP contribution in [0.2, 0.25) is 0 Å². The number of methoxy groups -OCH3 is 1. The largest absolute Gasteiger partial charge is 0.497 e. The van der Waals surface area contributed by atoms with Crippen molar-refractivity contribution < 1.29 is 14.3 Å². The highest BCUT2D eigenvalue weighted by Gasteiger charge is 2.14. The monoisotopic (exact) mass is 300 g/mol. The average Bonchev–Trinajstić information content (AvgIpc) is 2.96. The molecule has 112 valence electrons. The van der Waals surface area contributed by atoms with Crippen molar-refractivity contribution in [3.8, 4) is 11.5 Å². The van der Waals surface area contributed by atoms with Gasteiger partial charge in [-0.05, 0) is 31.5 Å². The molecule has 1 aliphatic heterocycles. The van der Waals surface area contributed by atoms with Crippen molar-refractivity contribution in [2.75, 3.05) is 26.8 Å². The van der Waals surface area contributed by atoms with E-state index in [2.05, 4.69) is 10.6 Å². The second kappa shape index (κ2) is 8.66. The Kier molecular flexibility index (Phi) is 7.18. The van der Waals surface area contributed by atoms with Crippen LogP contribution in [0.5, 0.6) is 11.5 Å². The van der Waals surface area contributed by atoms with Crippen molar-refractivity contribution in [2.45, 2.75) is 18.9 Å². The fourth-order valence-electron chi connectivity index (χ4n) is 2.06. The first-order valence-electron chi connectivity index (χ1n) is 6.55. The van der Waals surface area contributed by atoms with E-state index in [0.717, 1.165) is 13.0 Å². The summed E-state index contributed by atoms with van der Waals surface area (Å²) >= 11 is 0. The van der Waals surface area contributed by atoms with Gasteiger partial charge in [-0.3, -0.25) is 4.79 Å². The SMILES string of the molecule is COc1cccc(OCC(=O)NCC2CCCN2)c1.Cl. The molecule has 1 amide bonds. The zero-order valence-corrected chi connectivity index (χ0v) is 12.4. The summed E-state index contributed by atoms with van der Waals surface area (Å²) in [5.41, 5.74) is 0. The molecule has 1 aromatic carbocycles. The fraction of sp³-hybridized carbons (Fsp3) is 0.500. The van der Waals surface area contributed by atoms with Crippen molar-refractivity contribution in [1.29, 1.82) is 0 Å². The molecular formula is C14H21ClN2O3. The van der Waals surface area contributed by atoms with Crippen molar-refractivity contribution in [3.63, 3.8) is 0 Å². The van der Waals surface area contributed by atoms with E-state index in [1.807, 2.05) is 12.1 Å². The van der Waals surface area contributed by atoms with Gasteiger partial charge in [0.2, 0.25) is 0 Å². The number of ether oxygens (including phenoxy) is 2. The maximum absolute atomic E-state index is 11.6. The van der Waals surface area contributed by atoms with Gasteiger partial charge in [0, 0.05) is 18.7 Å². The first-order valence-corrected chi connectivity index (χ1v) is 6.55. The summed E-state index contributed by atoms with van der Waals surface area (Å²) in [5, 5.41) is 6.19.